The molecule has 4 heteroatoms. The van der Waals surface area contributed by atoms with Gasteiger partial charge in [-0.1, -0.05) is 48.5 Å². The van der Waals surface area contributed by atoms with Gasteiger partial charge in [-0.25, -0.2) is 0 Å². The van der Waals surface area contributed by atoms with E-state index in [4.69, 9.17) is 0 Å². The van der Waals surface area contributed by atoms with Crippen molar-refractivity contribution in [2.24, 2.45) is 0 Å². The molecule has 26 heavy (non-hydrogen) atoms. The first-order valence-corrected chi connectivity index (χ1v) is 9.38. The third-order valence-corrected chi connectivity index (χ3v) is 5.71. The smallest absolute Gasteiger partial charge is 0.256 e. The van der Waals surface area contributed by atoms with E-state index in [0.29, 0.717) is 0 Å². The number of aromatic amines is 1. The second kappa shape index (κ2) is 6.96. The second-order valence-electron chi connectivity index (χ2n) is 7.57. The molecule has 0 saturated carbocycles. The van der Waals surface area contributed by atoms with Crippen molar-refractivity contribution in [1.29, 1.82) is 0 Å². The van der Waals surface area contributed by atoms with Gasteiger partial charge >= 0.3 is 0 Å². The average molecular weight is 348 g/mol. The SMILES string of the molecule is C[N+]1(CCc2ccccc2)CCN(C(=O)c2c[nH]c3ccccc23)CC1. The lowest BCUT2D eigenvalue weighted by Gasteiger charge is -2.42. The number of carbonyl (C=O) groups excluding carboxylic acids is 1. The number of amides is 1. The highest BCUT2D eigenvalue weighted by molar-refractivity contribution is 6.06. The van der Waals surface area contributed by atoms with E-state index in [1.54, 1.807) is 0 Å². The molecular formula is C22H26N3O+. The number of piperazine rings is 1. The first-order valence-electron chi connectivity index (χ1n) is 9.38. The highest BCUT2D eigenvalue weighted by atomic mass is 16.2. The first kappa shape index (κ1) is 16.9. The number of quaternary nitrogens is 1. The Bertz CT molecular complexity index is 892. The van der Waals surface area contributed by atoms with Gasteiger partial charge in [0, 0.05) is 23.5 Å². The Hall–Kier alpha value is -2.59. The monoisotopic (exact) mass is 348 g/mol. The van der Waals surface area contributed by atoms with Crippen molar-refractivity contribution < 1.29 is 9.28 Å². The standard InChI is InChI=1S/C22H25N3O/c1-25(14-11-18-7-3-2-4-8-18)15-12-24(13-16-25)22(26)20-17-23-21-10-6-5-9-19(20)21/h2-10,17H,11-16H2,1H3/p+1. The molecule has 134 valence electrons. The van der Waals surface area contributed by atoms with E-state index >= 15 is 0 Å². The number of hydrogen-bond acceptors (Lipinski definition) is 1. The molecule has 0 unspecified atom stereocenters. The first-order chi connectivity index (χ1) is 12.6. The third kappa shape index (κ3) is 3.37. The maximum atomic E-state index is 13.0. The quantitative estimate of drug-likeness (QED) is 0.722. The number of carbonyl (C=O) groups is 1. The number of para-hydroxylation sites is 1. The van der Waals surface area contributed by atoms with Crippen LogP contribution in [0.25, 0.3) is 10.9 Å². The van der Waals surface area contributed by atoms with Crippen LogP contribution in [0.4, 0.5) is 0 Å². The van der Waals surface area contributed by atoms with Crippen LogP contribution in [0.15, 0.2) is 60.8 Å². The molecule has 4 nitrogen and oxygen atoms in total. The molecule has 4 rings (SSSR count). The molecule has 0 radical (unpaired) electrons. The lowest BCUT2D eigenvalue weighted by Crippen LogP contribution is -2.58. The molecule has 3 aromatic rings. The molecule has 0 atom stereocenters. The Kier molecular flexibility index (Phi) is 4.51. The number of benzene rings is 2. The summed E-state index contributed by atoms with van der Waals surface area (Å²) >= 11 is 0. The molecule has 0 aliphatic carbocycles. The van der Waals surface area contributed by atoms with Crippen molar-refractivity contribution in [3.8, 4) is 0 Å². The minimum Gasteiger partial charge on any atom is -0.360 e. The van der Waals surface area contributed by atoms with Crippen LogP contribution in [0.3, 0.4) is 0 Å². The minimum absolute atomic E-state index is 0.150. The van der Waals surface area contributed by atoms with Gasteiger partial charge in [0.1, 0.15) is 0 Å². The highest BCUT2D eigenvalue weighted by Crippen LogP contribution is 2.21. The zero-order chi connectivity index (χ0) is 18.0. The molecule has 1 saturated heterocycles. The predicted octanol–water partition coefficient (Wildman–Crippen LogP) is 3.31. The van der Waals surface area contributed by atoms with E-state index in [1.165, 1.54) is 5.56 Å². The average Bonchev–Trinajstić information content (AvgIpc) is 3.12. The fourth-order valence-corrected chi connectivity index (χ4v) is 3.84. The number of nitrogens with zero attached hydrogens (tertiary/aromatic N) is 2. The van der Waals surface area contributed by atoms with Crippen molar-refractivity contribution in [1.82, 2.24) is 9.88 Å². The molecule has 1 amide bonds. The van der Waals surface area contributed by atoms with Crippen molar-refractivity contribution >= 4 is 16.8 Å². The zero-order valence-electron chi connectivity index (χ0n) is 15.3. The largest absolute Gasteiger partial charge is 0.360 e. The Morgan fingerprint density at radius 1 is 1.04 bits per heavy atom. The number of rotatable bonds is 4. The van der Waals surface area contributed by atoms with Crippen LogP contribution in [-0.4, -0.2) is 60.0 Å². The topological polar surface area (TPSA) is 36.1 Å². The van der Waals surface area contributed by atoms with Gasteiger partial charge < -0.3 is 14.4 Å². The molecule has 1 aliphatic rings. The van der Waals surface area contributed by atoms with Crippen LogP contribution in [0.1, 0.15) is 15.9 Å². The molecule has 2 heterocycles. The van der Waals surface area contributed by atoms with Crippen molar-refractivity contribution in [3.63, 3.8) is 0 Å². The second-order valence-corrected chi connectivity index (χ2v) is 7.57. The number of nitrogens with one attached hydrogen (secondary N) is 1. The third-order valence-electron chi connectivity index (χ3n) is 5.71. The molecule has 1 fully saturated rings. The van der Waals surface area contributed by atoms with Crippen molar-refractivity contribution in [2.75, 3.05) is 39.8 Å². The summed E-state index contributed by atoms with van der Waals surface area (Å²) in [6, 6.07) is 18.7. The molecule has 0 spiro atoms. The Labute approximate surface area is 154 Å². The summed E-state index contributed by atoms with van der Waals surface area (Å²) in [7, 11) is 2.32. The Morgan fingerprint density at radius 3 is 2.50 bits per heavy atom. The van der Waals surface area contributed by atoms with Gasteiger partial charge in [0.2, 0.25) is 0 Å². The van der Waals surface area contributed by atoms with E-state index in [9.17, 15) is 4.79 Å². The molecule has 1 N–H and O–H groups in total. The van der Waals surface area contributed by atoms with Gasteiger partial charge in [0.05, 0.1) is 45.3 Å². The predicted molar refractivity (Wildman–Crippen MR) is 105 cm³/mol. The van der Waals surface area contributed by atoms with Crippen molar-refractivity contribution in [3.05, 3.63) is 71.9 Å². The van der Waals surface area contributed by atoms with Crippen LogP contribution in [0.2, 0.25) is 0 Å². The van der Waals surface area contributed by atoms with Gasteiger partial charge in [-0.3, -0.25) is 4.79 Å². The van der Waals surface area contributed by atoms with Gasteiger partial charge in [0.15, 0.2) is 0 Å². The lowest BCUT2D eigenvalue weighted by atomic mass is 10.1. The van der Waals surface area contributed by atoms with E-state index in [2.05, 4.69) is 42.4 Å². The molecule has 2 aromatic carbocycles. The van der Waals surface area contributed by atoms with Crippen LogP contribution in [-0.2, 0) is 6.42 Å². The van der Waals surface area contributed by atoms with Gasteiger partial charge in [-0.05, 0) is 11.6 Å². The summed E-state index contributed by atoms with van der Waals surface area (Å²) in [5.41, 5.74) is 3.21. The van der Waals surface area contributed by atoms with Gasteiger partial charge in [0.25, 0.3) is 5.91 Å². The molecular weight excluding hydrogens is 322 g/mol. The van der Waals surface area contributed by atoms with E-state index in [-0.39, 0.29) is 5.91 Å². The van der Waals surface area contributed by atoms with Crippen LogP contribution >= 0.6 is 0 Å². The van der Waals surface area contributed by atoms with Crippen LogP contribution < -0.4 is 0 Å². The number of likely N-dealkylation sites (N-methyl/N-ethyl adjacent to an activating group) is 1. The summed E-state index contributed by atoms with van der Waals surface area (Å²) < 4.78 is 1.03. The maximum Gasteiger partial charge on any atom is 0.256 e. The molecule has 1 aromatic heterocycles. The van der Waals surface area contributed by atoms with Crippen molar-refractivity contribution in [2.45, 2.75) is 6.42 Å². The fraction of sp³-hybridized carbons (Fsp3) is 0.318. The zero-order valence-corrected chi connectivity index (χ0v) is 15.3. The molecule has 1 aliphatic heterocycles. The summed E-state index contributed by atoms with van der Waals surface area (Å²) in [5, 5.41) is 1.02. The Morgan fingerprint density at radius 2 is 1.73 bits per heavy atom. The minimum atomic E-state index is 0.150. The van der Waals surface area contributed by atoms with Gasteiger partial charge in [-0.2, -0.15) is 0 Å². The maximum absolute atomic E-state index is 13.0. The van der Waals surface area contributed by atoms with Crippen LogP contribution in [0, 0.1) is 0 Å². The Balaban J connectivity index is 1.39. The fourth-order valence-electron chi connectivity index (χ4n) is 3.84. The lowest BCUT2D eigenvalue weighted by molar-refractivity contribution is -0.912. The summed E-state index contributed by atoms with van der Waals surface area (Å²) in [6.07, 6.45) is 2.94. The van der Waals surface area contributed by atoms with E-state index in [1.807, 2.05) is 35.4 Å². The number of fused-ring (bicyclic) bond motifs is 1. The van der Waals surface area contributed by atoms with E-state index < -0.39 is 0 Å². The number of hydrogen-bond donors (Lipinski definition) is 1. The highest BCUT2D eigenvalue weighted by Gasteiger charge is 2.31. The van der Waals surface area contributed by atoms with Gasteiger partial charge in [-0.15, -0.1) is 0 Å². The number of aromatic nitrogens is 1. The normalized spacial score (nSPS) is 16.7. The summed E-state index contributed by atoms with van der Waals surface area (Å²) in [5.74, 6) is 0.150. The summed E-state index contributed by atoms with van der Waals surface area (Å²) in [4.78, 5) is 18.2. The van der Waals surface area contributed by atoms with E-state index in [0.717, 1.165) is 60.1 Å². The van der Waals surface area contributed by atoms with Crippen LogP contribution in [0.5, 0.6) is 0 Å². The number of H-pyrrole nitrogens is 1. The summed E-state index contributed by atoms with van der Waals surface area (Å²) in [6.45, 7) is 4.80. The molecule has 0 bridgehead atoms.